The van der Waals surface area contributed by atoms with Crippen molar-refractivity contribution in [3.8, 4) is 0 Å². The zero-order valence-corrected chi connectivity index (χ0v) is 12.6. The summed E-state index contributed by atoms with van der Waals surface area (Å²) < 4.78 is 5.30. The molecule has 0 unspecified atom stereocenters. The predicted octanol–water partition coefficient (Wildman–Crippen LogP) is 2.39. The van der Waals surface area contributed by atoms with Gasteiger partial charge in [0.1, 0.15) is 11.1 Å². The first-order valence-corrected chi connectivity index (χ1v) is 7.21. The second kappa shape index (κ2) is 6.43. The molecule has 1 heterocycles. The van der Waals surface area contributed by atoms with Crippen LogP contribution < -0.4 is 15.8 Å². The van der Waals surface area contributed by atoms with Gasteiger partial charge in [-0.2, -0.15) is 0 Å². The van der Waals surface area contributed by atoms with Gasteiger partial charge >= 0.3 is 5.63 Å². The van der Waals surface area contributed by atoms with Crippen molar-refractivity contribution in [2.45, 2.75) is 20.8 Å². The summed E-state index contributed by atoms with van der Waals surface area (Å²) in [6.07, 6.45) is 0. The van der Waals surface area contributed by atoms with Crippen LogP contribution in [-0.2, 0) is 0 Å². The van der Waals surface area contributed by atoms with Crippen LogP contribution >= 0.6 is 0 Å². The molecule has 0 aliphatic rings. The molecule has 2 aromatic rings. The van der Waals surface area contributed by atoms with E-state index in [-0.39, 0.29) is 5.56 Å². The van der Waals surface area contributed by atoms with Crippen molar-refractivity contribution in [1.82, 2.24) is 5.32 Å². The standard InChI is InChI=1S/C16H20N2O3/c1-4-17-15(19)13-9-11-7-8-12(18(5-2)6-3)10-14(11)21-16(13)20/h7-10H,4-6H2,1-3H3,(H,17,19). The number of benzene rings is 1. The van der Waals surface area contributed by atoms with Gasteiger partial charge in [0, 0.05) is 36.8 Å². The Hall–Kier alpha value is -2.30. The second-order valence-corrected chi connectivity index (χ2v) is 4.70. The Morgan fingerprint density at radius 3 is 2.52 bits per heavy atom. The first-order chi connectivity index (χ1) is 10.1. The summed E-state index contributed by atoms with van der Waals surface area (Å²) in [6, 6.07) is 7.26. The third-order valence-corrected chi connectivity index (χ3v) is 3.43. The number of amides is 1. The number of hydrogen-bond donors (Lipinski definition) is 1. The summed E-state index contributed by atoms with van der Waals surface area (Å²) in [5.74, 6) is -0.402. The van der Waals surface area contributed by atoms with Crippen LogP contribution in [0.2, 0.25) is 0 Å². The number of carbonyl (C=O) groups excluding carboxylic acids is 1. The lowest BCUT2D eigenvalue weighted by Crippen LogP contribution is -2.27. The Labute approximate surface area is 123 Å². The molecule has 0 saturated heterocycles. The molecule has 1 N–H and O–H groups in total. The van der Waals surface area contributed by atoms with E-state index in [0.717, 1.165) is 24.2 Å². The van der Waals surface area contributed by atoms with Gasteiger partial charge in [0.05, 0.1) is 0 Å². The van der Waals surface area contributed by atoms with Gasteiger partial charge in [-0.25, -0.2) is 4.79 Å². The Morgan fingerprint density at radius 1 is 1.19 bits per heavy atom. The van der Waals surface area contributed by atoms with E-state index in [4.69, 9.17) is 4.42 Å². The fourth-order valence-corrected chi connectivity index (χ4v) is 2.30. The molecule has 0 fully saturated rings. The van der Waals surface area contributed by atoms with E-state index in [1.165, 1.54) is 0 Å². The number of fused-ring (bicyclic) bond motifs is 1. The molecule has 0 aliphatic heterocycles. The molecule has 5 nitrogen and oxygen atoms in total. The van der Waals surface area contributed by atoms with Crippen molar-refractivity contribution in [3.63, 3.8) is 0 Å². The van der Waals surface area contributed by atoms with E-state index in [1.54, 1.807) is 13.0 Å². The molecule has 5 heteroatoms. The molecule has 21 heavy (non-hydrogen) atoms. The van der Waals surface area contributed by atoms with Crippen LogP contribution in [0.5, 0.6) is 0 Å². The molecule has 0 saturated carbocycles. The number of carbonyl (C=O) groups is 1. The minimum atomic E-state index is -0.606. The van der Waals surface area contributed by atoms with Crippen LogP contribution in [0.25, 0.3) is 11.0 Å². The molecule has 1 aromatic heterocycles. The zero-order valence-electron chi connectivity index (χ0n) is 12.6. The van der Waals surface area contributed by atoms with Crippen molar-refractivity contribution in [3.05, 3.63) is 40.2 Å². The van der Waals surface area contributed by atoms with Crippen LogP contribution in [0, 0.1) is 0 Å². The average Bonchev–Trinajstić information content (AvgIpc) is 2.48. The molecule has 1 amide bonds. The Kier molecular flexibility index (Phi) is 4.62. The number of hydrogen-bond acceptors (Lipinski definition) is 4. The van der Waals surface area contributed by atoms with Crippen molar-refractivity contribution in [2.24, 2.45) is 0 Å². The summed E-state index contributed by atoms with van der Waals surface area (Å²) >= 11 is 0. The van der Waals surface area contributed by atoms with Crippen molar-refractivity contribution in [1.29, 1.82) is 0 Å². The van der Waals surface area contributed by atoms with Gasteiger partial charge in [-0.1, -0.05) is 0 Å². The smallest absolute Gasteiger partial charge is 0.349 e. The number of anilines is 1. The lowest BCUT2D eigenvalue weighted by atomic mass is 10.1. The molecular weight excluding hydrogens is 268 g/mol. The molecule has 0 atom stereocenters. The van der Waals surface area contributed by atoms with Gasteiger partial charge < -0.3 is 14.6 Å². The second-order valence-electron chi connectivity index (χ2n) is 4.70. The highest BCUT2D eigenvalue weighted by atomic mass is 16.4. The number of rotatable bonds is 5. The van der Waals surface area contributed by atoms with Crippen LogP contribution in [0.1, 0.15) is 31.1 Å². The summed E-state index contributed by atoms with van der Waals surface area (Å²) in [5.41, 5.74) is 0.934. The van der Waals surface area contributed by atoms with E-state index in [9.17, 15) is 9.59 Å². The summed E-state index contributed by atoms with van der Waals surface area (Å²) in [7, 11) is 0. The predicted molar refractivity (Wildman–Crippen MR) is 84.1 cm³/mol. The SMILES string of the molecule is CCNC(=O)c1cc2ccc(N(CC)CC)cc2oc1=O. The third-order valence-electron chi connectivity index (χ3n) is 3.43. The Morgan fingerprint density at radius 2 is 1.90 bits per heavy atom. The van der Waals surface area contributed by atoms with E-state index in [1.807, 2.05) is 18.2 Å². The zero-order chi connectivity index (χ0) is 15.4. The van der Waals surface area contributed by atoms with Gasteiger partial charge in [-0.3, -0.25) is 4.79 Å². The first kappa shape index (κ1) is 15.1. The topological polar surface area (TPSA) is 62.6 Å². The molecule has 1 aromatic carbocycles. The molecule has 0 bridgehead atoms. The minimum absolute atomic E-state index is 0.0416. The van der Waals surface area contributed by atoms with Crippen molar-refractivity contribution in [2.75, 3.05) is 24.5 Å². The van der Waals surface area contributed by atoms with Gasteiger partial charge in [0.15, 0.2) is 0 Å². The van der Waals surface area contributed by atoms with E-state index in [2.05, 4.69) is 24.1 Å². The molecule has 112 valence electrons. The molecule has 0 radical (unpaired) electrons. The van der Waals surface area contributed by atoms with Gasteiger partial charge in [0.25, 0.3) is 5.91 Å². The van der Waals surface area contributed by atoms with Crippen LogP contribution in [0.4, 0.5) is 5.69 Å². The van der Waals surface area contributed by atoms with E-state index < -0.39 is 11.5 Å². The number of nitrogens with zero attached hydrogens (tertiary/aromatic N) is 1. The maximum Gasteiger partial charge on any atom is 0.349 e. The fourth-order valence-electron chi connectivity index (χ4n) is 2.30. The summed E-state index contributed by atoms with van der Waals surface area (Å²) in [5, 5.41) is 3.35. The monoisotopic (exact) mass is 288 g/mol. The number of nitrogens with one attached hydrogen (secondary N) is 1. The third kappa shape index (κ3) is 3.07. The highest BCUT2D eigenvalue weighted by Crippen LogP contribution is 2.21. The Balaban J connectivity index is 2.49. The lowest BCUT2D eigenvalue weighted by molar-refractivity contribution is 0.0952. The maximum atomic E-state index is 11.9. The quantitative estimate of drug-likeness (QED) is 0.858. The van der Waals surface area contributed by atoms with E-state index >= 15 is 0 Å². The normalized spacial score (nSPS) is 10.6. The minimum Gasteiger partial charge on any atom is -0.422 e. The van der Waals surface area contributed by atoms with Gasteiger partial charge in [0.2, 0.25) is 0 Å². The van der Waals surface area contributed by atoms with Crippen molar-refractivity contribution < 1.29 is 9.21 Å². The van der Waals surface area contributed by atoms with Crippen molar-refractivity contribution >= 4 is 22.6 Å². The van der Waals surface area contributed by atoms with Crippen LogP contribution in [-0.4, -0.2) is 25.5 Å². The first-order valence-electron chi connectivity index (χ1n) is 7.21. The Bertz CT molecular complexity index is 702. The molecule has 0 spiro atoms. The fraction of sp³-hybridized carbons (Fsp3) is 0.375. The summed E-state index contributed by atoms with van der Waals surface area (Å²) in [4.78, 5) is 25.9. The largest absolute Gasteiger partial charge is 0.422 e. The lowest BCUT2D eigenvalue weighted by Gasteiger charge is -2.20. The average molecular weight is 288 g/mol. The highest BCUT2D eigenvalue weighted by molar-refractivity contribution is 5.96. The van der Waals surface area contributed by atoms with Crippen LogP contribution in [0.15, 0.2) is 33.5 Å². The maximum absolute atomic E-state index is 11.9. The van der Waals surface area contributed by atoms with Gasteiger partial charge in [-0.05, 0) is 39.0 Å². The summed E-state index contributed by atoms with van der Waals surface area (Å²) in [6.45, 7) is 8.17. The molecule has 0 aliphatic carbocycles. The van der Waals surface area contributed by atoms with Crippen LogP contribution in [0.3, 0.4) is 0 Å². The highest BCUT2D eigenvalue weighted by Gasteiger charge is 2.13. The van der Waals surface area contributed by atoms with Gasteiger partial charge in [-0.15, -0.1) is 0 Å². The molecule has 2 rings (SSSR count). The molecular formula is C16H20N2O3. The van der Waals surface area contributed by atoms with E-state index in [0.29, 0.717) is 12.1 Å².